The lowest BCUT2D eigenvalue weighted by Gasteiger charge is -2.14. The third-order valence-electron chi connectivity index (χ3n) is 2.13. The number of hydrogen-bond donors (Lipinski definition) is 2. The highest BCUT2D eigenvalue weighted by Crippen LogP contribution is 2.16. The molecule has 0 aliphatic carbocycles. The quantitative estimate of drug-likeness (QED) is 0.778. The summed E-state index contributed by atoms with van der Waals surface area (Å²) in [7, 11) is 0. The minimum absolute atomic E-state index is 0.0639. The highest BCUT2D eigenvalue weighted by Gasteiger charge is 2.27. The fraction of sp³-hybridized carbons (Fsp3) is 0.364. The molecule has 106 valence electrons. The number of ether oxygens (including phenoxy) is 1. The van der Waals surface area contributed by atoms with Crippen LogP contribution in [0.5, 0.6) is 5.75 Å². The van der Waals surface area contributed by atoms with E-state index in [0.717, 1.165) is 6.07 Å². The van der Waals surface area contributed by atoms with Crippen molar-refractivity contribution in [3.63, 3.8) is 0 Å². The lowest BCUT2D eigenvalue weighted by atomic mass is 10.2. The first kappa shape index (κ1) is 15.2. The van der Waals surface area contributed by atoms with Crippen LogP contribution >= 0.6 is 0 Å². The number of nitrogens with one attached hydrogen (secondary N) is 1. The minimum Gasteiger partial charge on any atom is -0.435 e. The molecule has 0 fully saturated rings. The average molecular weight is 280 g/mol. The number of nitrogens with two attached hydrogens (primary N) is 1. The first-order valence-corrected chi connectivity index (χ1v) is 5.25. The van der Waals surface area contributed by atoms with Crippen molar-refractivity contribution in [2.45, 2.75) is 12.5 Å². The van der Waals surface area contributed by atoms with Gasteiger partial charge in [0, 0.05) is 5.56 Å². The SMILES string of the molecule is NCC(F)(F)CNC(=O)c1cccc(OC(F)F)c1. The Morgan fingerprint density at radius 2 is 2.11 bits per heavy atom. The first-order chi connectivity index (χ1) is 8.84. The fourth-order valence-corrected chi connectivity index (χ4v) is 1.20. The molecule has 1 rings (SSSR count). The number of alkyl halides is 4. The fourth-order valence-electron chi connectivity index (χ4n) is 1.20. The molecule has 1 aromatic rings. The Hall–Kier alpha value is -1.83. The Morgan fingerprint density at radius 3 is 2.68 bits per heavy atom. The van der Waals surface area contributed by atoms with Crippen molar-refractivity contribution < 1.29 is 27.1 Å². The molecule has 0 saturated carbocycles. The molecular formula is C11H12F4N2O2. The maximum absolute atomic E-state index is 12.8. The number of benzene rings is 1. The van der Waals surface area contributed by atoms with Gasteiger partial charge in [0.25, 0.3) is 11.8 Å². The van der Waals surface area contributed by atoms with Gasteiger partial charge >= 0.3 is 6.61 Å². The molecule has 0 spiro atoms. The highest BCUT2D eigenvalue weighted by molar-refractivity contribution is 5.94. The molecule has 1 aromatic carbocycles. The van der Waals surface area contributed by atoms with Gasteiger partial charge in [0.15, 0.2) is 0 Å². The number of carbonyl (C=O) groups excluding carboxylic acids is 1. The van der Waals surface area contributed by atoms with E-state index in [2.05, 4.69) is 4.74 Å². The summed E-state index contributed by atoms with van der Waals surface area (Å²) >= 11 is 0. The standard InChI is InChI=1S/C11H12F4N2O2/c12-10(13)19-8-3-1-2-7(4-8)9(18)17-6-11(14,15)5-16/h1-4,10H,5-6,16H2,(H,17,18). The van der Waals surface area contributed by atoms with Crippen molar-refractivity contribution in [2.24, 2.45) is 5.73 Å². The van der Waals surface area contributed by atoms with Crippen LogP contribution in [0.15, 0.2) is 24.3 Å². The molecule has 19 heavy (non-hydrogen) atoms. The molecule has 0 bridgehead atoms. The van der Waals surface area contributed by atoms with Gasteiger partial charge in [-0.05, 0) is 18.2 Å². The van der Waals surface area contributed by atoms with Crippen LogP contribution in [0.2, 0.25) is 0 Å². The molecule has 0 aliphatic rings. The second-order valence-electron chi connectivity index (χ2n) is 3.65. The normalized spacial score (nSPS) is 11.5. The smallest absolute Gasteiger partial charge is 0.387 e. The summed E-state index contributed by atoms with van der Waals surface area (Å²) in [6.07, 6.45) is 0. The minimum atomic E-state index is -3.22. The van der Waals surface area contributed by atoms with Crippen LogP contribution in [0.4, 0.5) is 17.6 Å². The van der Waals surface area contributed by atoms with Crippen molar-refractivity contribution in [2.75, 3.05) is 13.1 Å². The molecule has 0 aliphatic heterocycles. The summed E-state index contributed by atoms with van der Waals surface area (Å²) in [5.41, 5.74) is 4.74. The van der Waals surface area contributed by atoms with Crippen LogP contribution in [-0.4, -0.2) is 31.5 Å². The van der Waals surface area contributed by atoms with E-state index in [1.807, 2.05) is 5.32 Å². The number of carbonyl (C=O) groups is 1. The number of hydrogen-bond acceptors (Lipinski definition) is 3. The van der Waals surface area contributed by atoms with E-state index in [0.29, 0.717) is 0 Å². The van der Waals surface area contributed by atoms with Gasteiger partial charge in [-0.1, -0.05) is 6.07 Å². The molecule has 0 aromatic heterocycles. The largest absolute Gasteiger partial charge is 0.435 e. The van der Waals surface area contributed by atoms with Crippen molar-refractivity contribution >= 4 is 5.91 Å². The monoisotopic (exact) mass is 280 g/mol. The molecule has 1 amide bonds. The number of halogens is 4. The number of rotatable bonds is 6. The maximum atomic E-state index is 12.8. The van der Waals surface area contributed by atoms with Crippen LogP contribution in [-0.2, 0) is 0 Å². The van der Waals surface area contributed by atoms with Gasteiger partial charge in [0.2, 0.25) is 0 Å². The zero-order chi connectivity index (χ0) is 14.5. The topological polar surface area (TPSA) is 64.3 Å². The van der Waals surface area contributed by atoms with E-state index in [1.54, 1.807) is 0 Å². The number of amides is 1. The summed E-state index contributed by atoms with van der Waals surface area (Å²) in [6.45, 7) is -4.86. The van der Waals surface area contributed by atoms with Crippen LogP contribution in [0.25, 0.3) is 0 Å². The van der Waals surface area contributed by atoms with E-state index in [1.165, 1.54) is 18.2 Å². The molecule has 4 nitrogen and oxygen atoms in total. The molecule has 0 unspecified atom stereocenters. The Labute approximate surface area is 106 Å². The zero-order valence-electron chi connectivity index (χ0n) is 9.71. The lowest BCUT2D eigenvalue weighted by molar-refractivity contribution is -0.0498. The van der Waals surface area contributed by atoms with E-state index in [9.17, 15) is 22.4 Å². The molecular weight excluding hydrogens is 268 g/mol. The van der Waals surface area contributed by atoms with Crippen molar-refractivity contribution in [1.29, 1.82) is 0 Å². The molecule has 0 radical (unpaired) electrons. The van der Waals surface area contributed by atoms with Gasteiger partial charge in [-0.2, -0.15) is 8.78 Å². The van der Waals surface area contributed by atoms with E-state index >= 15 is 0 Å². The van der Waals surface area contributed by atoms with Gasteiger partial charge in [-0.25, -0.2) is 8.78 Å². The lowest BCUT2D eigenvalue weighted by Crippen LogP contribution is -2.41. The van der Waals surface area contributed by atoms with Gasteiger partial charge in [0.05, 0.1) is 13.1 Å². The van der Waals surface area contributed by atoms with Crippen molar-refractivity contribution in [1.82, 2.24) is 5.32 Å². The summed E-state index contributed by atoms with van der Waals surface area (Å²) in [6, 6.07) is 4.83. The maximum Gasteiger partial charge on any atom is 0.387 e. The summed E-state index contributed by atoms with van der Waals surface area (Å²) in [5, 5.41) is 1.96. The molecule has 0 heterocycles. The summed E-state index contributed by atoms with van der Waals surface area (Å²) in [5.74, 6) is -4.27. The van der Waals surface area contributed by atoms with Gasteiger partial charge in [-0.15, -0.1) is 0 Å². The molecule has 8 heteroatoms. The van der Waals surface area contributed by atoms with E-state index in [-0.39, 0.29) is 11.3 Å². The molecule has 3 N–H and O–H groups in total. The van der Waals surface area contributed by atoms with Crippen LogP contribution in [0.3, 0.4) is 0 Å². The van der Waals surface area contributed by atoms with E-state index < -0.39 is 31.5 Å². The second kappa shape index (κ2) is 6.37. The predicted octanol–water partition coefficient (Wildman–Crippen LogP) is 1.61. The zero-order valence-corrected chi connectivity index (χ0v) is 9.71. The Balaban J connectivity index is 2.67. The third kappa shape index (κ3) is 5.12. The second-order valence-corrected chi connectivity index (χ2v) is 3.65. The molecule has 0 atom stereocenters. The van der Waals surface area contributed by atoms with Crippen LogP contribution in [0.1, 0.15) is 10.4 Å². The van der Waals surface area contributed by atoms with E-state index in [4.69, 9.17) is 5.73 Å². The van der Waals surface area contributed by atoms with Crippen LogP contribution in [0, 0.1) is 0 Å². The first-order valence-electron chi connectivity index (χ1n) is 5.25. The Bertz CT molecular complexity index is 440. The summed E-state index contributed by atoms with van der Waals surface area (Å²) in [4.78, 5) is 11.5. The highest BCUT2D eigenvalue weighted by atomic mass is 19.3. The van der Waals surface area contributed by atoms with Crippen LogP contribution < -0.4 is 15.8 Å². The Morgan fingerprint density at radius 1 is 1.42 bits per heavy atom. The molecule has 0 saturated heterocycles. The average Bonchev–Trinajstić information content (AvgIpc) is 2.35. The third-order valence-corrected chi connectivity index (χ3v) is 2.13. The summed E-state index contributed by atoms with van der Waals surface area (Å²) < 4.78 is 53.7. The Kier molecular flexibility index (Phi) is 5.11. The van der Waals surface area contributed by atoms with Gasteiger partial charge < -0.3 is 15.8 Å². The van der Waals surface area contributed by atoms with Gasteiger partial charge in [-0.3, -0.25) is 4.79 Å². The van der Waals surface area contributed by atoms with Gasteiger partial charge in [0.1, 0.15) is 5.75 Å². The van der Waals surface area contributed by atoms with Crippen molar-refractivity contribution in [3.05, 3.63) is 29.8 Å². The predicted molar refractivity (Wildman–Crippen MR) is 59.4 cm³/mol. The van der Waals surface area contributed by atoms with Crippen molar-refractivity contribution in [3.8, 4) is 5.75 Å².